The molecule has 0 N–H and O–H groups in total. The maximum absolute atomic E-state index is 5.98. The summed E-state index contributed by atoms with van der Waals surface area (Å²) in [7, 11) is 0. The first-order chi connectivity index (χ1) is 6.27. The lowest BCUT2D eigenvalue weighted by molar-refractivity contribution is 0.0249. The van der Waals surface area contributed by atoms with Crippen molar-refractivity contribution in [3.05, 3.63) is 0 Å². The SMILES string of the molecule is CC1OC1C1OC(C)C2SCCC12. The van der Waals surface area contributed by atoms with E-state index in [-0.39, 0.29) is 0 Å². The largest absolute Gasteiger partial charge is 0.371 e. The van der Waals surface area contributed by atoms with Gasteiger partial charge in [0.05, 0.1) is 18.3 Å². The van der Waals surface area contributed by atoms with E-state index in [1.54, 1.807) is 0 Å². The van der Waals surface area contributed by atoms with Gasteiger partial charge in [0.15, 0.2) is 0 Å². The summed E-state index contributed by atoms with van der Waals surface area (Å²) >= 11 is 2.09. The average molecular weight is 200 g/mol. The molecule has 3 saturated heterocycles. The molecule has 13 heavy (non-hydrogen) atoms. The van der Waals surface area contributed by atoms with Crippen LogP contribution < -0.4 is 0 Å². The summed E-state index contributed by atoms with van der Waals surface area (Å²) in [5.74, 6) is 2.09. The zero-order valence-electron chi connectivity index (χ0n) is 8.10. The summed E-state index contributed by atoms with van der Waals surface area (Å²) in [6, 6.07) is 0. The molecule has 2 nitrogen and oxygen atoms in total. The van der Waals surface area contributed by atoms with Crippen molar-refractivity contribution in [1.29, 1.82) is 0 Å². The number of hydrogen-bond donors (Lipinski definition) is 0. The lowest BCUT2D eigenvalue weighted by atomic mass is 9.94. The number of thioether (sulfide) groups is 1. The molecule has 0 amide bonds. The Morgan fingerprint density at radius 1 is 1.08 bits per heavy atom. The maximum atomic E-state index is 5.98. The Morgan fingerprint density at radius 2 is 1.77 bits per heavy atom. The summed E-state index contributed by atoms with van der Waals surface area (Å²) in [6.07, 6.45) is 3.04. The molecule has 3 heteroatoms. The van der Waals surface area contributed by atoms with Gasteiger partial charge < -0.3 is 9.47 Å². The third-order valence-electron chi connectivity index (χ3n) is 3.52. The van der Waals surface area contributed by atoms with Crippen molar-refractivity contribution < 1.29 is 9.47 Å². The first-order valence-electron chi connectivity index (χ1n) is 5.20. The monoisotopic (exact) mass is 200 g/mol. The van der Waals surface area contributed by atoms with Crippen LogP contribution in [-0.2, 0) is 9.47 Å². The van der Waals surface area contributed by atoms with Gasteiger partial charge in [0.1, 0.15) is 6.10 Å². The lowest BCUT2D eigenvalue weighted by Gasteiger charge is -2.13. The van der Waals surface area contributed by atoms with Crippen molar-refractivity contribution >= 4 is 11.8 Å². The molecule has 3 heterocycles. The van der Waals surface area contributed by atoms with Crippen LogP contribution in [-0.4, -0.2) is 35.4 Å². The topological polar surface area (TPSA) is 21.8 Å². The summed E-state index contributed by atoms with van der Waals surface area (Å²) in [4.78, 5) is 0. The molecule has 6 atom stereocenters. The molecule has 74 valence electrons. The second-order valence-corrected chi connectivity index (χ2v) is 5.69. The van der Waals surface area contributed by atoms with Gasteiger partial charge in [-0.1, -0.05) is 0 Å². The fraction of sp³-hybridized carbons (Fsp3) is 1.00. The molecule has 0 radical (unpaired) electrons. The molecule has 6 unspecified atom stereocenters. The molecule has 0 bridgehead atoms. The summed E-state index contributed by atoms with van der Waals surface area (Å²) in [6.45, 7) is 4.36. The molecule has 0 aromatic heterocycles. The maximum Gasteiger partial charge on any atom is 0.110 e. The highest BCUT2D eigenvalue weighted by molar-refractivity contribution is 8.00. The van der Waals surface area contributed by atoms with Gasteiger partial charge in [-0.05, 0) is 26.0 Å². The first kappa shape index (κ1) is 8.57. The van der Waals surface area contributed by atoms with Crippen molar-refractivity contribution in [3.8, 4) is 0 Å². The van der Waals surface area contributed by atoms with Gasteiger partial charge in [0.25, 0.3) is 0 Å². The van der Waals surface area contributed by atoms with Crippen molar-refractivity contribution in [3.63, 3.8) is 0 Å². The van der Waals surface area contributed by atoms with E-state index in [0.29, 0.717) is 24.4 Å². The number of rotatable bonds is 1. The van der Waals surface area contributed by atoms with Crippen LogP contribution in [0.15, 0.2) is 0 Å². The van der Waals surface area contributed by atoms with Gasteiger partial charge >= 0.3 is 0 Å². The fourth-order valence-electron chi connectivity index (χ4n) is 2.76. The Balaban J connectivity index is 1.75. The minimum Gasteiger partial charge on any atom is -0.371 e. The first-order valence-corrected chi connectivity index (χ1v) is 6.25. The van der Waals surface area contributed by atoms with Crippen LogP contribution in [0.3, 0.4) is 0 Å². The van der Waals surface area contributed by atoms with Crippen LogP contribution in [0.2, 0.25) is 0 Å². The Morgan fingerprint density at radius 3 is 2.46 bits per heavy atom. The minimum absolute atomic E-state index is 0.407. The molecule has 0 aromatic rings. The zero-order chi connectivity index (χ0) is 9.00. The summed E-state index contributed by atoms with van der Waals surface area (Å²) in [5, 5.41) is 0.751. The average Bonchev–Trinajstić information content (AvgIpc) is 2.60. The predicted molar refractivity (Wildman–Crippen MR) is 53.0 cm³/mol. The van der Waals surface area contributed by atoms with Crippen molar-refractivity contribution in [2.75, 3.05) is 5.75 Å². The van der Waals surface area contributed by atoms with E-state index in [4.69, 9.17) is 9.47 Å². The quantitative estimate of drug-likeness (QED) is 0.601. The summed E-state index contributed by atoms with van der Waals surface area (Å²) in [5.41, 5.74) is 0. The van der Waals surface area contributed by atoms with E-state index >= 15 is 0 Å². The Kier molecular flexibility index (Phi) is 1.90. The standard InChI is InChI=1S/C10H16O2S/c1-5-8(11-5)9-7-3-4-13-10(7)6(2)12-9/h5-10H,3-4H2,1-2H3. The van der Waals surface area contributed by atoms with Gasteiger partial charge in [-0.2, -0.15) is 11.8 Å². The molecular formula is C10H16O2S. The third-order valence-corrected chi connectivity index (χ3v) is 5.11. The minimum atomic E-state index is 0.407. The Bertz CT molecular complexity index is 221. The molecule has 3 fully saturated rings. The lowest BCUT2D eigenvalue weighted by Crippen LogP contribution is -2.25. The Labute approximate surface area is 83.4 Å². The normalized spacial score (nSPS) is 59.5. The summed E-state index contributed by atoms with van der Waals surface area (Å²) < 4.78 is 11.5. The molecule has 0 aliphatic carbocycles. The van der Waals surface area contributed by atoms with E-state index in [0.717, 1.165) is 11.2 Å². The molecule has 3 aliphatic heterocycles. The van der Waals surface area contributed by atoms with Crippen LogP contribution in [0.5, 0.6) is 0 Å². The second kappa shape index (κ2) is 2.88. The van der Waals surface area contributed by atoms with Crippen LogP contribution in [0.25, 0.3) is 0 Å². The number of hydrogen-bond acceptors (Lipinski definition) is 3. The molecule has 0 saturated carbocycles. The fourth-order valence-corrected chi connectivity index (χ4v) is 4.31. The predicted octanol–water partition coefficient (Wildman–Crippen LogP) is 1.68. The molecule has 0 spiro atoms. The third kappa shape index (κ3) is 1.24. The van der Waals surface area contributed by atoms with Crippen LogP contribution in [0, 0.1) is 5.92 Å². The van der Waals surface area contributed by atoms with E-state index in [9.17, 15) is 0 Å². The number of fused-ring (bicyclic) bond motifs is 1. The van der Waals surface area contributed by atoms with E-state index in [2.05, 4.69) is 25.6 Å². The van der Waals surface area contributed by atoms with E-state index < -0.39 is 0 Å². The molecule has 3 aliphatic rings. The smallest absolute Gasteiger partial charge is 0.110 e. The van der Waals surface area contributed by atoms with Crippen molar-refractivity contribution in [1.82, 2.24) is 0 Å². The second-order valence-electron chi connectivity index (χ2n) is 4.40. The number of ether oxygens (including phenoxy) is 2. The van der Waals surface area contributed by atoms with Gasteiger partial charge in [-0.25, -0.2) is 0 Å². The molecule has 3 rings (SSSR count). The van der Waals surface area contributed by atoms with Crippen LogP contribution >= 0.6 is 11.8 Å². The van der Waals surface area contributed by atoms with Crippen molar-refractivity contribution in [2.24, 2.45) is 5.92 Å². The van der Waals surface area contributed by atoms with Gasteiger partial charge in [-0.3, -0.25) is 0 Å². The molecule has 0 aromatic carbocycles. The van der Waals surface area contributed by atoms with Crippen molar-refractivity contribution in [2.45, 2.75) is 49.9 Å². The highest BCUT2D eigenvalue weighted by Crippen LogP contribution is 2.48. The van der Waals surface area contributed by atoms with E-state index in [1.807, 2.05) is 0 Å². The van der Waals surface area contributed by atoms with Crippen LogP contribution in [0.1, 0.15) is 20.3 Å². The highest BCUT2D eigenvalue weighted by Gasteiger charge is 2.54. The van der Waals surface area contributed by atoms with Gasteiger partial charge in [0.2, 0.25) is 0 Å². The number of epoxide rings is 1. The van der Waals surface area contributed by atoms with E-state index in [1.165, 1.54) is 12.2 Å². The Hall–Kier alpha value is 0.270. The van der Waals surface area contributed by atoms with Gasteiger partial charge in [0, 0.05) is 11.2 Å². The molecular weight excluding hydrogens is 184 g/mol. The zero-order valence-corrected chi connectivity index (χ0v) is 8.92. The van der Waals surface area contributed by atoms with Gasteiger partial charge in [-0.15, -0.1) is 0 Å². The van der Waals surface area contributed by atoms with Crippen LogP contribution in [0.4, 0.5) is 0 Å². The highest BCUT2D eigenvalue weighted by atomic mass is 32.2.